The van der Waals surface area contributed by atoms with E-state index in [1.807, 2.05) is 25.1 Å². The summed E-state index contributed by atoms with van der Waals surface area (Å²) in [6.45, 7) is 4.51. The Kier molecular flexibility index (Phi) is 7.89. The highest BCUT2D eigenvalue weighted by atomic mass is 16.5. The van der Waals surface area contributed by atoms with Crippen LogP contribution >= 0.6 is 0 Å². The highest BCUT2D eigenvalue weighted by Gasteiger charge is 2.31. The summed E-state index contributed by atoms with van der Waals surface area (Å²) < 4.78 is 10.6. The Balaban J connectivity index is 1.53. The molecule has 0 saturated carbocycles. The van der Waals surface area contributed by atoms with Gasteiger partial charge in [0.25, 0.3) is 0 Å². The number of nitrogens with zero attached hydrogens (tertiary/aromatic N) is 1. The summed E-state index contributed by atoms with van der Waals surface area (Å²) in [6.07, 6.45) is 0.805. The van der Waals surface area contributed by atoms with E-state index in [1.54, 1.807) is 14.2 Å². The summed E-state index contributed by atoms with van der Waals surface area (Å²) >= 11 is 0. The molecule has 1 aliphatic heterocycles. The second-order valence-corrected chi connectivity index (χ2v) is 7.76. The molecule has 0 aliphatic carbocycles. The Bertz CT molecular complexity index is 898. The maximum atomic E-state index is 12.6. The van der Waals surface area contributed by atoms with Crippen molar-refractivity contribution in [3.8, 4) is 11.5 Å². The number of hydrogen-bond donors (Lipinski definition) is 2. The Hall–Kier alpha value is -3.06. The van der Waals surface area contributed by atoms with Crippen molar-refractivity contribution in [1.82, 2.24) is 15.5 Å². The van der Waals surface area contributed by atoms with Crippen molar-refractivity contribution >= 4 is 11.8 Å². The first-order valence-corrected chi connectivity index (χ1v) is 10.5. The summed E-state index contributed by atoms with van der Waals surface area (Å²) in [5.41, 5.74) is 3.37. The van der Waals surface area contributed by atoms with Gasteiger partial charge in [0.15, 0.2) is 11.5 Å². The second-order valence-electron chi connectivity index (χ2n) is 7.76. The zero-order valence-corrected chi connectivity index (χ0v) is 18.4. The smallest absolute Gasteiger partial charge is 0.237 e. The standard InChI is InChI=1S/C24H31N3O4/c1-17-4-6-19(7-5-17)16-27-13-12-26-24(29)20(27)15-23(28)25-11-10-18-8-9-21(30-2)22(14-18)31-3/h4-9,14,20H,10-13,15-16H2,1-3H3,(H,25,28)(H,26,29)/t20-/m1/s1. The van der Waals surface area contributed by atoms with Gasteiger partial charge in [-0.1, -0.05) is 35.9 Å². The summed E-state index contributed by atoms with van der Waals surface area (Å²) in [7, 11) is 3.20. The van der Waals surface area contributed by atoms with Gasteiger partial charge in [-0.15, -0.1) is 0 Å². The number of aryl methyl sites for hydroxylation is 1. The van der Waals surface area contributed by atoms with E-state index in [0.717, 1.165) is 17.7 Å². The van der Waals surface area contributed by atoms with Crippen molar-refractivity contribution in [2.45, 2.75) is 32.4 Å². The number of ether oxygens (including phenoxy) is 2. The van der Waals surface area contributed by atoms with Crippen LogP contribution in [0.1, 0.15) is 23.1 Å². The minimum atomic E-state index is -0.462. The maximum Gasteiger partial charge on any atom is 0.237 e. The van der Waals surface area contributed by atoms with E-state index in [0.29, 0.717) is 37.6 Å². The Morgan fingerprint density at radius 2 is 1.81 bits per heavy atom. The van der Waals surface area contributed by atoms with E-state index in [-0.39, 0.29) is 18.2 Å². The van der Waals surface area contributed by atoms with E-state index < -0.39 is 6.04 Å². The van der Waals surface area contributed by atoms with E-state index in [9.17, 15) is 9.59 Å². The number of benzene rings is 2. The van der Waals surface area contributed by atoms with E-state index in [1.165, 1.54) is 5.56 Å². The van der Waals surface area contributed by atoms with Crippen LogP contribution in [-0.2, 0) is 22.6 Å². The third-order valence-corrected chi connectivity index (χ3v) is 5.51. The Morgan fingerprint density at radius 3 is 2.52 bits per heavy atom. The minimum absolute atomic E-state index is 0.0894. The molecular weight excluding hydrogens is 394 g/mol. The van der Waals surface area contributed by atoms with Gasteiger partial charge in [-0.05, 0) is 36.6 Å². The van der Waals surface area contributed by atoms with Crippen molar-refractivity contribution < 1.29 is 19.1 Å². The van der Waals surface area contributed by atoms with Crippen molar-refractivity contribution in [2.75, 3.05) is 33.9 Å². The van der Waals surface area contributed by atoms with Gasteiger partial charge in [-0.2, -0.15) is 0 Å². The van der Waals surface area contributed by atoms with Gasteiger partial charge >= 0.3 is 0 Å². The number of rotatable bonds is 9. The number of hydrogen-bond acceptors (Lipinski definition) is 5. The zero-order chi connectivity index (χ0) is 22.2. The van der Waals surface area contributed by atoms with Crippen LogP contribution in [0.2, 0.25) is 0 Å². The molecule has 0 spiro atoms. The van der Waals surface area contributed by atoms with Gasteiger partial charge in [-0.25, -0.2) is 0 Å². The molecule has 1 heterocycles. The van der Waals surface area contributed by atoms with Crippen LogP contribution in [0.4, 0.5) is 0 Å². The first-order valence-electron chi connectivity index (χ1n) is 10.5. The Morgan fingerprint density at radius 1 is 1.10 bits per heavy atom. The lowest BCUT2D eigenvalue weighted by atomic mass is 10.1. The molecule has 31 heavy (non-hydrogen) atoms. The predicted molar refractivity (Wildman–Crippen MR) is 119 cm³/mol. The topological polar surface area (TPSA) is 79.9 Å². The lowest BCUT2D eigenvalue weighted by molar-refractivity contribution is -0.134. The first-order chi connectivity index (χ1) is 15.0. The lowest BCUT2D eigenvalue weighted by Crippen LogP contribution is -2.56. The van der Waals surface area contributed by atoms with Crippen molar-refractivity contribution in [3.63, 3.8) is 0 Å². The highest BCUT2D eigenvalue weighted by molar-refractivity contribution is 5.88. The van der Waals surface area contributed by atoms with Crippen LogP contribution in [0.5, 0.6) is 11.5 Å². The second kappa shape index (κ2) is 10.8. The van der Waals surface area contributed by atoms with Gasteiger partial charge in [0.05, 0.1) is 26.7 Å². The summed E-state index contributed by atoms with van der Waals surface area (Å²) in [5, 5.41) is 5.82. The van der Waals surface area contributed by atoms with Crippen LogP contribution in [0, 0.1) is 6.92 Å². The van der Waals surface area contributed by atoms with Crippen molar-refractivity contribution in [1.29, 1.82) is 0 Å². The van der Waals surface area contributed by atoms with Crippen LogP contribution < -0.4 is 20.1 Å². The molecule has 1 aliphatic rings. The largest absolute Gasteiger partial charge is 0.493 e. The molecule has 2 amide bonds. The number of amides is 2. The third-order valence-electron chi connectivity index (χ3n) is 5.51. The molecule has 2 N–H and O–H groups in total. The molecule has 2 aromatic carbocycles. The monoisotopic (exact) mass is 425 g/mol. The molecule has 3 rings (SSSR count). The highest BCUT2D eigenvalue weighted by Crippen LogP contribution is 2.27. The summed E-state index contributed by atoms with van der Waals surface area (Å²) in [6, 6.07) is 13.5. The molecule has 1 atom stereocenters. The van der Waals surface area contributed by atoms with Crippen molar-refractivity contribution in [2.24, 2.45) is 0 Å². The molecule has 0 aromatic heterocycles. The average Bonchev–Trinajstić information content (AvgIpc) is 2.77. The van der Waals surface area contributed by atoms with Gasteiger partial charge in [0.1, 0.15) is 0 Å². The molecule has 2 aromatic rings. The predicted octanol–water partition coefficient (Wildman–Crippen LogP) is 2.06. The quantitative estimate of drug-likeness (QED) is 0.643. The maximum absolute atomic E-state index is 12.6. The molecule has 166 valence electrons. The molecule has 0 bridgehead atoms. The van der Waals surface area contributed by atoms with Crippen LogP contribution in [0.15, 0.2) is 42.5 Å². The van der Waals surface area contributed by atoms with E-state index in [2.05, 4.69) is 39.8 Å². The molecule has 7 nitrogen and oxygen atoms in total. The van der Waals surface area contributed by atoms with E-state index in [4.69, 9.17) is 9.47 Å². The molecule has 0 radical (unpaired) electrons. The number of carbonyl (C=O) groups excluding carboxylic acids is 2. The molecular formula is C24H31N3O4. The molecule has 0 unspecified atom stereocenters. The fourth-order valence-corrected chi connectivity index (χ4v) is 3.73. The Labute approximate surface area is 183 Å². The van der Waals surface area contributed by atoms with Crippen LogP contribution in [0.25, 0.3) is 0 Å². The fourth-order valence-electron chi connectivity index (χ4n) is 3.73. The number of methoxy groups -OCH3 is 2. The lowest BCUT2D eigenvalue weighted by Gasteiger charge is -2.34. The van der Waals surface area contributed by atoms with Crippen molar-refractivity contribution in [3.05, 3.63) is 59.2 Å². The van der Waals surface area contributed by atoms with Gasteiger partial charge in [-0.3, -0.25) is 14.5 Å². The number of carbonyl (C=O) groups is 2. The van der Waals surface area contributed by atoms with Gasteiger partial charge in [0.2, 0.25) is 11.8 Å². The van der Waals surface area contributed by atoms with Gasteiger partial charge < -0.3 is 20.1 Å². The average molecular weight is 426 g/mol. The summed E-state index contributed by atoms with van der Waals surface area (Å²) in [4.78, 5) is 27.1. The number of nitrogens with one attached hydrogen (secondary N) is 2. The number of piperazine rings is 1. The van der Waals surface area contributed by atoms with Gasteiger partial charge in [0, 0.05) is 26.2 Å². The molecule has 1 fully saturated rings. The van der Waals surface area contributed by atoms with E-state index >= 15 is 0 Å². The van der Waals surface area contributed by atoms with Crippen LogP contribution in [0.3, 0.4) is 0 Å². The SMILES string of the molecule is COc1ccc(CCNC(=O)C[C@@H]2C(=O)NCCN2Cc2ccc(C)cc2)cc1OC. The normalized spacial score (nSPS) is 16.5. The molecule has 1 saturated heterocycles. The minimum Gasteiger partial charge on any atom is -0.493 e. The summed E-state index contributed by atoms with van der Waals surface area (Å²) in [5.74, 6) is 1.12. The van der Waals surface area contributed by atoms with Crippen LogP contribution in [-0.4, -0.2) is 56.6 Å². The third kappa shape index (κ3) is 6.21. The zero-order valence-electron chi connectivity index (χ0n) is 18.4. The first kappa shape index (κ1) is 22.6. The fraction of sp³-hybridized carbons (Fsp3) is 0.417. The molecule has 7 heteroatoms.